The summed E-state index contributed by atoms with van der Waals surface area (Å²) in [4.78, 5) is 5.89. The van der Waals surface area contributed by atoms with Crippen molar-refractivity contribution < 1.29 is 4.42 Å². The number of pyridine rings is 1. The summed E-state index contributed by atoms with van der Waals surface area (Å²) in [6, 6.07) is 18.3. The molecule has 1 aromatic carbocycles. The maximum absolute atomic E-state index is 5.30. The van der Waals surface area contributed by atoms with Gasteiger partial charge in [-0.05, 0) is 42.7 Å². The standard InChI is InChI=1S/C17H16N2OS/c1-21-15-9-7-13(8-10-15)16-5-2-6-17(19-16)18-12-14-4-3-11-20-14/h2-11H,12H2,1H3,(H,18,19). The van der Waals surface area contributed by atoms with Crippen molar-refractivity contribution in [2.24, 2.45) is 0 Å². The highest BCUT2D eigenvalue weighted by Gasteiger charge is 2.02. The lowest BCUT2D eigenvalue weighted by Gasteiger charge is -2.07. The molecular weight excluding hydrogens is 280 g/mol. The van der Waals surface area contributed by atoms with Crippen molar-refractivity contribution in [1.82, 2.24) is 4.98 Å². The fourth-order valence-corrected chi connectivity index (χ4v) is 2.45. The minimum atomic E-state index is 0.634. The second-order valence-electron chi connectivity index (χ2n) is 4.57. The Kier molecular flexibility index (Phi) is 4.26. The van der Waals surface area contributed by atoms with Crippen LogP contribution in [-0.2, 0) is 6.54 Å². The van der Waals surface area contributed by atoms with Crippen LogP contribution in [0.15, 0.2) is 70.2 Å². The van der Waals surface area contributed by atoms with E-state index in [1.807, 2.05) is 30.3 Å². The third kappa shape index (κ3) is 3.47. The first-order valence-electron chi connectivity index (χ1n) is 6.73. The number of thioether (sulfide) groups is 1. The van der Waals surface area contributed by atoms with Crippen molar-refractivity contribution in [2.75, 3.05) is 11.6 Å². The van der Waals surface area contributed by atoms with Crippen LogP contribution >= 0.6 is 11.8 Å². The Morgan fingerprint density at radius 1 is 1.05 bits per heavy atom. The molecule has 2 aromatic heterocycles. The average Bonchev–Trinajstić information content (AvgIpc) is 3.07. The van der Waals surface area contributed by atoms with Gasteiger partial charge in [0.2, 0.25) is 0 Å². The number of nitrogens with zero attached hydrogens (tertiary/aromatic N) is 1. The molecule has 21 heavy (non-hydrogen) atoms. The van der Waals surface area contributed by atoms with Crippen LogP contribution in [0.3, 0.4) is 0 Å². The van der Waals surface area contributed by atoms with Crippen LogP contribution in [0.5, 0.6) is 0 Å². The summed E-state index contributed by atoms with van der Waals surface area (Å²) >= 11 is 1.74. The molecule has 0 aliphatic heterocycles. The molecule has 0 aliphatic carbocycles. The molecule has 0 spiro atoms. The van der Waals surface area contributed by atoms with Gasteiger partial charge in [0.05, 0.1) is 18.5 Å². The molecule has 3 nitrogen and oxygen atoms in total. The van der Waals surface area contributed by atoms with E-state index in [2.05, 4.69) is 40.8 Å². The lowest BCUT2D eigenvalue weighted by molar-refractivity contribution is 0.518. The van der Waals surface area contributed by atoms with Gasteiger partial charge in [0, 0.05) is 10.5 Å². The van der Waals surface area contributed by atoms with Gasteiger partial charge in [-0.25, -0.2) is 4.98 Å². The normalized spacial score (nSPS) is 10.5. The van der Waals surface area contributed by atoms with Gasteiger partial charge < -0.3 is 9.73 Å². The number of aromatic nitrogens is 1. The quantitative estimate of drug-likeness (QED) is 0.694. The van der Waals surface area contributed by atoms with Crippen LogP contribution in [0.1, 0.15) is 5.76 Å². The summed E-state index contributed by atoms with van der Waals surface area (Å²) < 4.78 is 5.30. The molecule has 0 saturated heterocycles. The van der Waals surface area contributed by atoms with Gasteiger partial charge >= 0.3 is 0 Å². The van der Waals surface area contributed by atoms with Crippen molar-refractivity contribution in [1.29, 1.82) is 0 Å². The van der Waals surface area contributed by atoms with Gasteiger partial charge in [0.1, 0.15) is 11.6 Å². The topological polar surface area (TPSA) is 38.1 Å². The molecule has 106 valence electrons. The van der Waals surface area contributed by atoms with Crippen molar-refractivity contribution >= 4 is 17.6 Å². The molecular formula is C17H16N2OS. The number of hydrogen-bond acceptors (Lipinski definition) is 4. The van der Waals surface area contributed by atoms with Gasteiger partial charge in [0.25, 0.3) is 0 Å². The summed E-state index contributed by atoms with van der Waals surface area (Å²) in [6.45, 7) is 0.634. The van der Waals surface area contributed by atoms with Gasteiger partial charge in [-0.15, -0.1) is 11.8 Å². The minimum Gasteiger partial charge on any atom is -0.467 e. The van der Waals surface area contributed by atoms with Crippen LogP contribution in [-0.4, -0.2) is 11.2 Å². The number of nitrogens with one attached hydrogen (secondary N) is 1. The third-order valence-corrected chi connectivity index (χ3v) is 3.90. The Balaban J connectivity index is 1.75. The van der Waals surface area contributed by atoms with E-state index in [4.69, 9.17) is 4.42 Å². The van der Waals surface area contributed by atoms with E-state index in [1.54, 1.807) is 18.0 Å². The van der Waals surface area contributed by atoms with Crippen molar-refractivity contribution in [3.05, 3.63) is 66.6 Å². The lowest BCUT2D eigenvalue weighted by atomic mass is 10.1. The summed E-state index contributed by atoms with van der Waals surface area (Å²) in [5.41, 5.74) is 2.08. The molecule has 0 unspecified atom stereocenters. The molecule has 0 aliphatic rings. The number of rotatable bonds is 5. The smallest absolute Gasteiger partial charge is 0.127 e. The van der Waals surface area contributed by atoms with Gasteiger partial charge in [-0.3, -0.25) is 0 Å². The van der Waals surface area contributed by atoms with Crippen molar-refractivity contribution in [3.8, 4) is 11.3 Å². The summed E-state index contributed by atoms with van der Waals surface area (Å²) in [7, 11) is 0. The highest BCUT2D eigenvalue weighted by atomic mass is 32.2. The van der Waals surface area contributed by atoms with Crippen LogP contribution in [0.2, 0.25) is 0 Å². The van der Waals surface area contributed by atoms with E-state index < -0.39 is 0 Å². The minimum absolute atomic E-state index is 0.634. The van der Waals surface area contributed by atoms with Crippen LogP contribution in [0.4, 0.5) is 5.82 Å². The highest BCUT2D eigenvalue weighted by Crippen LogP contribution is 2.22. The summed E-state index contributed by atoms with van der Waals surface area (Å²) in [5.74, 6) is 1.74. The molecule has 0 atom stereocenters. The van der Waals surface area contributed by atoms with Crippen LogP contribution < -0.4 is 5.32 Å². The maximum Gasteiger partial charge on any atom is 0.127 e. The van der Waals surface area contributed by atoms with Gasteiger partial charge in [0.15, 0.2) is 0 Å². The molecule has 3 aromatic rings. The van der Waals surface area contributed by atoms with E-state index in [9.17, 15) is 0 Å². The Morgan fingerprint density at radius 3 is 2.62 bits per heavy atom. The molecule has 0 radical (unpaired) electrons. The Morgan fingerprint density at radius 2 is 1.90 bits per heavy atom. The number of hydrogen-bond donors (Lipinski definition) is 1. The second-order valence-corrected chi connectivity index (χ2v) is 5.45. The van der Waals surface area contributed by atoms with Crippen LogP contribution in [0.25, 0.3) is 11.3 Å². The predicted molar refractivity (Wildman–Crippen MR) is 87.5 cm³/mol. The summed E-state index contributed by atoms with van der Waals surface area (Å²) in [6.07, 6.45) is 3.75. The largest absolute Gasteiger partial charge is 0.467 e. The molecule has 0 amide bonds. The third-order valence-electron chi connectivity index (χ3n) is 3.16. The fraction of sp³-hybridized carbons (Fsp3) is 0.118. The van der Waals surface area contributed by atoms with Gasteiger partial charge in [-0.1, -0.05) is 18.2 Å². The van der Waals surface area contributed by atoms with E-state index >= 15 is 0 Å². The average molecular weight is 296 g/mol. The van der Waals surface area contributed by atoms with E-state index in [0.29, 0.717) is 6.54 Å². The molecule has 0 saturated carbocycles. The van der Waals surface area contributed by atoms with Crippen molar-refractivity contribution in [3.63, 3.8) is 0 Å². The number of anilines is 1. The molecule has 2 heterocycles. The monoisotopic (exact) mass is 296 g/mol. The zero-order valence-corrected chi connectivity index (χ0v) is 12.6. The number of furan rings is 1. The SMILES string of the molecule is CSc1ccc(-c2cccc(NCc3ccco3)n2)cc1. The first kappa shape index (κ1) is 13.8. The van der Waals surface area contributed by atoms with Crippen molar-refractivity contribution in [2.45, 2.75) is 11.4 Å². The van der Waals surface area contributed by atoms with E-state index in [0.717, 1.165) is 22.8 Å². The Hall–Kier alpha value is -2.20. The first-order chi connectivity index (χ1) is 10.3. The Bertz CT molecular complexity index is 693. The number of benzene rings is 1. The zero-order chi connectivity index (χ0) is 14.5. The molecule has 1 N–H and O–H groups in total. The van der Waals surface area contributed by atoms with Crippen LogP contribution in [0, 0.1) is 0 Å². The van der Waals surface area contributed by atoms with E-state index in [1.165, 1.54) is 4.90 Å². The zero-order valence-electron chi connectivity index (χ0n) is 11.7. The maximum atomic E-state index is 5.30. The summed E-state index contributed by atoms with van der Waals surface area (Å²) in [5, 5.41) is 3.27. The van der Waals surface area contributed by atoms with Gasteiger partial charge in [-0.2, -0.15) is 0 Å². The first-order valence-corrected chi connectivity index (χ1v) is 7.95. The fourth-order valence-electron chi connectivity index (χ4n) is 2.05. The Labute approximate surface area is 128 Å². The molecule has 0 fully saturated rings. The molecule has 4 heteroatoms. The molecule has 0 bridgehead atoms. The lowest BCUT2D eigenvalue weighted by Crippen LogP contribution is -2.00. The molecule has 3 rings (SSSR count). The van der Waals surface area contributed by atoms with E-state index in [-0.39, 0.29) is 0 Å². The predicted octanol–water partition coefficient (Wildman–Crippen LogP) is 4.68. The second kappa shape index (κ2) is 6.50. The highest BCUT2D eigenvalue weighted by molar-refractivity contribution is 7.98.